The molecule has 0 aromatic carbocycles. The first-order chi connectivity index (χ1) is 8.74. The van der Waals surface area contributed by atoms with Gasteiger partial charge in [-0.1, -0.05) is 25.6 Å². The van der Waals surface area contributed by atoms with Crippen molar-refractivity contribution < 1.29 is 0 Å². The highest BCUT2D eigenvalue weighted by atomic mass is 32.2. The van der Waals surface area contributed by atoms with E-state index in [0.717, 1.165) is 11.7 Å². The molecule has 18 heavy (non-hydrogen) atoms. The minimum absolute atomic E-state index is 0.497. The predicted molar refractivity (Wildman–Crippen MR) is 81.7 cm³/mol. The van der Waals surface area contributed by atoms with Crippen LogP contribution < -0.4 is 5.32 Å². The Hall–Kier alpha value is -0.480. The van der Waals surface area contributed by atoms with Crippen LogP contribution in [0.15, 0.2) is 16.4 Å². The zero-order chi connectivity index (χ0) is 12.5. The van der Waals surface area contributed by atoms with Crippen LogP contribution >= 0.6 is 23.1 Å². The van der Waals surface area contributed by atoms with E-state index in [1.807, 2.05) is 23.1 Å². The zero-order valence-corrected chi connectivity index (χ0v) is 12.6. The lowest BCUT2D eigenvalue weighted by atomic mass is 9.94. The summed E-state index contributed by atoms with van der Waals surface area (Å²) in [5.41, 5.74) is 1.52. The highest BCUT2D eigenvalue weighted by molar-refractivity contribution is 8.14. The lowest BCUT2D eigenvalue weighted by Crippen LogP contribution is -2.28. The topological polar surface area (TPSA) is 24.4 Å². The Balaban J connectivity index is 1.66. The number of rotatable bonds is 2. The monoisotopic (exact) mass is 280 g/mol. The summed E-state index contributed by atoms with van der Waals surface area (Å²) in [6, 6.07) is 2.79. The molecule has 0 saturated carbocycles. The van der Waals surface area contributed by atoms with Crippen molar-refractivity contribution in [2.75, 3.05) is 6.54 Å². The van der Waals surface area contributed by atoms with E-state index in [0.29, 0.717) is 17.2 Å². The fourth-order valence-electron chi connectivity index (χ4n) is 2.60. The van der Waals surface area contributed by atoms with Crippen LogP contribution in [0, 0.1) is 5.92 Å². The number of nitrogens with zero attached hydrogens (tertiary/aromatic N) is 1. The number of amidine groups is 1. The second-order valence-electron chi connectivity index (χ2n) is 5.43. The average Bonchev–Trinajstić information content (AvgIpc) is 2.97. The van der Waals surface area contributed by atoms with Crippen LogP contribution in [-0.2, 0) is 6.42 Å². The van der Waals surface area contributed by atoms with Crippen LogP contribution in [0.1, 0.15) is 43.2 Å². The fourth-order valence-corrected chi connectivity index (χ4v) is 4.66. The molecule has 1 aliphatic carbocycles. The predicted octanol–water partition coefficient (Wildman–Crippen LogP) is 3.84. The molecule has 98 valence electrons. The van der Waals surface area contributed by atoms with Crippen molar-refractivity contribution in [1.29, 1.82) is 0 Å². The van der Waals surface area contributed by atoms with Crippen LogP contribution in [0.2, 0.25) is 0 Å². The molecule has 2 atom stereocenters. The van der Waals surface area contributed by atoms with Gasteiger partial charge in [-0.3, -0.25) is 4.99 Å². The quantitative estimate of drug-likeness (QED) is 0.890. The third-order valence-electron chi connectivity index (χ3n) is 3.77. The van der Waals surface area contributed by atoms with Crippen molar-refractivity contribution in [3.05, 3.63) is 21.9 Å². The molecule has 2 aliphatic rings. The number of thioether (sulfide) groups is 1. The number of hydrogen-bond acceptors (Lipinski definition) is 4. The van der Waals surface area contributed by atoms with E-state index in [1.165, 1.54) is 24.8 Å². The van der Waals surface area contributed by atoms with Crippen molar-refractivity contribution in [2.24, 2.45) is 10.9 Å². The van der Waals surface area contributed by atoms with Crippen molar-refractivity contribution in [2.45, 2.75) is 44.4 Å². The Morgan fingerprint density at radius 2 is 2.33 bits per heavy atom. The van der Waals surface area contributed by atoms with Crippen molar-refractivity contribution in [1.82, 2.24) is 5.32 Å². The summed E-state index contributed by atoms with van der Waals surface area (Å²) in [6.45, 7) is 5.55. The third-order valence-corrected chi connectivity index (χ3v) is 6.23. The van der Waals surface area contributed by atoms with E-state index >= 15 is 0 Å². The van der Waals surface area contributed by atoms with E-state index in [2.05, 4.69) is 35.6 Å². The number of nitrogens with one attached hydrogen (secondary N) is 1. The zero-order valence-electron chi connectivity index (χ0n) is 11.0. The molecule has 2 heterocycles. The molecular weight excluding hydrogens is 260 g/mol. The van der Waals surface area contributed by atoms with Crippen molar-refractivity contribution >= 4 is 28.3 Å². The van der Waals surface area contributed by atoms with Gasteiger partial charge >= 0.3 is 0 Å². The Kier molecular flexibility index (Phi) is 3.66. The Morgan fingerprint density at radius 3 is 3.11 bits per heavy atom. The molecule has 4 heteroatoms. The van der Waals surface area contributed by atoms with E-state index in [-0.39, 0.29) is 0 Å². The molecule has 1 aliphatic heterocycles. The van der Waals surface area contributed by atoms with Gasteiger partial charge in [0.25, 0.3) is 0 Å². The lowest BCUT2D eigenvalue weighted by molar-refractivity contribution is 0.536. The number of hydrogen-bond donors (Lipinski definition) is 1. The number of aliphatic imine (C=N–C) groups is 1. The number of thiophene rings is 1. The molecule has 0 amide bonds. The molecular formula is C14H20N2S2. The SMILES string of the molecule is CC(C)C1CN=C(NC2CCCc3sccc32)S1. The Bertz CT molecular complexity index is 450. The van der Waals surface area contributed by atoms with Gasteiger partial charge in [0, 0.05) is 10.1 Å². The standard InChI is InChI=1S/C14H20N2S2/c1-9(2)13-8-15-14(18-13)16-11-4-3-5-12-10(11)6-7-17-12/h6-7,9,11,13H,3-5,8H2,1-2H3,(H,15,16). The highest BCUT2D eigenvalue weighted by Gasteiger charge is 2.27. The first-order valence-electron chi connectivity index (χ1n) is 6.78. The largest absolute Gasteiger partial charge is 0.358 e. The summed E-state index contributed by atoms with van der Waals surface area (Å²) >= 11 is 3.84. The van der Waals surface area contributed by atoms with Gasteiger partial charge in [-0.2, -0.15) is 0 Å². The second-order valence-corrected chi connectivity index (χ2v) is 7.66. The molecule has 2 nitrogen and oxygen atoms in total. The van der Waals surface area contributed by atoms with Gasteiger partial charge in [0.15, 0.2) is 5.17 Å². The molecule has 0 spiro atoms. The molecule has 0 saturated heterocycles. The van der Waals surface area contributed by atoms with Crippen LogP contribution in [-0.4, -0.2) is 17.0 Å². The maximum Gasteiger partial charge on any atom is 0.157 e. The molecule has 0 radical (unpaired) electrons. The molecule has 1 N–H and O–H groups in total. The van der Waals surface area contributed by atoms with Crippen molar-refractivity contribution in [3.8, 4) is 0 Å². The van der Waals surface area contributed by atoms with Gasteiger partial charge in [0.1, 0.15) is 0 Å². The summed E-state index contributed by atoms with van der Waals surface area (Å²) in [5.74, 6) is 0.709. The molecule has 1 aromatic rings. The van der Waals surface area contributed by atoms with E-state index in [9.17, 15) is 0 Å². The summed E-state index contributed by atoms with van der Waals surface area (Å²) in [6.07, 6.45) is 3.81. The highest BCUT2D eigenvalue weighted by Crippen LogP contribution is 2.35. The van der Waals surface area contributed by atoms with E-state index in [4.69, 9.17) is 0 Å². The summed E-state index contributed by atoms with van der Waals surface area (Å²) in [4.78, 5) is 6.23. The van der Waals surface area contributed by atoms with Gasteiger partial charge in [-0.05, 0) is 42.2 Å². The van der Waals surface area contributed by atoms with Gasteiger partial charge in [0.05, 0.1) is 12.6 Å². The van der Waals surface area contributed by atoms with Gasteiger partial charge in [-0.25, -0.2) is 0 Å². The van der Waals surface area contributed by atoms with Crippen LogP contribution in [0.25, 0.3) is 0 Å². The Labute approximate surface area is 117 Å². The van der Waals surface area contributed by atoms with Crippen LogP contribution in [0.5, 0.6) is 0 Å². The minimum atomic E-state index is 0.497. The average molecular weight is 280 g/mol. The van der Waals surface area contributed by atoms with Gasteiger partial charge in [-0.15, -0.1) is 11.3 Å². The number of fused-ring (bicyclic) bond motifs is 1. The molecule has 0 bridgehead atoms. The first kappa shape index (κ1) is 12.5. The molecule has 2 unspecified atom stereocenters. The minimum Gasteiger partial charge on any atom is -0.358 e. The van der Waals surface area contributed by atoms with E-state index < -0.39 is 0 Å². The van der Waals surface area contributed by atoms with Crippen LogP contribution in [0.4, 0.5) is 0 Å². The maximum absolute atomic E-state index is 4.66. The fraction of sp³-hybridized carbons (Fsp3) is 0.643. The van der Waals surface area contributed by atoms with Gasteiger partial charge in [0.2, 0.25) is 0 Å². The van der Waals surface area contributed by atoms with Gasteiger partial charge < -0.3 is 5.32 Å². The summed E-state index contributed by atoms with van der Waals surface area (Å²) in [7, 11) is 0. The first-order valence-corrected chi connectivity index (χ1v) is 8.54. The summed E-state index contributed by atoms with van der Waals surface area (Å²) in [5, 5.41) is 7.72. The second kappa shape index (κ2) is 5.25. The van der Waals surface area contributed by atoms with Crippen molar-refractivity contribution in [3.63, 3.8) is 0 Å². The summed E-state index contributed by atoms with van der Waals surface area (Å²) < 4.78 is 0. The maximum atomic E-state index is 4.66. The smallest absolute Gasteiger partial charge is 0.157 e. The Morgan fingerprint density at radius 1 is 1.44 bits per heavy atom. The van der Waals surface area contributed by atoms with E-state index in [1.54, 1.807) is 4.88 Å². The molecule has 3 rings (SSSR count). The number of aryl methyl sites for hydroxylation is 1. The molecule has 0 fully saturated rings. The molecule has 1 aromatic heterocycles. The van der Waals surface area contributed by atoms with Crippen LogP contribution in [0.3, 0.4) is 0 Å². The third kappa shape index (κ3) is 2.45. The lowest BCUT2D eigenvalue weighted by Gasteiger charge is -2.24. The normalized spacial score (nSPS) is 27.2.